The van der Waals surface area contributed by atoms with Crippen LogP contribution in [0.15, 0.2) is 6.20 Å². The highest BCUT2D eigenvalue weighted by Gasteiger charge is 2.14. The van der Waals surface area contributed by atoms with E-state index < -0.39 is 5.97 Å². The maximum absolute atomic E-state index is 10.6. The Morgan fingerprint density at radius 1 is 1.56 bits per heavy atom. The van der Waals surface area contributed by atoms with E-state index in [1.54, 1.807) is 0 Å². The van der Waals surface area contributed by atoms with Gasteiger partial charge in [-0.3, -0.25) is 0 Å². The second-order valence-corrected chi connectivity index (χ2v) is 5.23. The van der Waals surface area contributed by atoms with Crippen molar-refractivity contribution in [2.24, 2.45) is 5.92 Å². The molecule has 16 heavy (non-hydrogen) atoms. The third-order valence-electron chi connectivity index (χ3n) is 3.02. The first-order valence-electron chi connectivity index (χ1n) is 5.68. The molecule has 1 aromatic heterocycles. The summed E-state index contributed by atoms with van der Waals surface area (Å²) in [4.78, 5) is 15.0. The van der Waals surface area contributed by atoms with Crippen LogP contribution >= 0.6 is 11.3 Å². The molecule has 5 heteroatoms. The first kappa shape index (κ1) is 11.4. The molecule has 0 spiro atoms. The van der Waals surface area contributed by atoms with Gasteiger partial charge in [0, 0.05) is 6.54 Å². The molecule has 0 amide bonds. The van der Waals surface area contributed by atoms with E-state index in [2.05, 4.69) is 10.3 Å². The van der Waals surface area contributed by atoms with Gasteiger partial charge in [0.05, 0.1) is 6.20 Å². The van der Waals surface area contributed by atoms with E-state index in [1.807, 2.05) is 0 Å². The molecule has 1 fully saturated rings. The lowest BCUT2D eigenvalue weighted by molar-refractivity contribution is 0.0702. The molecule has 0 aliphatic heterocycles. The van der Waals surface area contributed by atoms with Crippen LogP contribution < -0.4 is 5.32 Å². The Labute approximate surface area is 98.7 Å². The van der Waals surface area contributed by atoms with Gasteiger partial charge in [0.2, 0.25) is 0 Å². The average molecular weight is 240 g/mol. The number of thiazole rings is 1. The van der Waals surface area contributed by atoms with Crippen LogP contribution in [0, 0.1) is 5.92 Å². The van der Waals surface area contributed by atoms with Crippen LogP contribution in [0.3, 0.4) is 0 Å². The molecule has 1 saturated carbocycles. The summed E-state index contributed by atoms with van der Waals surface area (Å²) >= 11 is 1.20. The zero-order chi connectivity index (χ0) is 11.4. The van der Waals surface area contributed by atoms with Gasteiger partial charge < -0.3 is 10.4 Å². The number of rotatable bonds is 5. The first-order chi connectivity index (χ1) is 7.75. The van der Waals surface area contributed by atoms with Crippen LogP contribution in [0.4, 0.5) is 5.13 Å². The predicted octanol–water partition coefficient (Wildman–Crippen LogP) is 2.83. The molecule has 1 aliphatic rings. The van der Waals surface area contributed by atoms with Gasteiger partial charge in [0.15, 0.2) is 5.13 Å². The standard InChI is InChI=1S/C11H16N2O2S/c14-10(15)9-7-13-11(16-9)12-6-5-8-3-1-2-4-8/h7-8H,1-6H2,(H,12,13)(H,14,15). The fourth-order valence-electron chi connectivity index (χ4n) is 2.14. The van der Waals surface area contributed by atoms with Crippen LogP contribution in [-0.2, 0) is 0 Å². The minimum atomic E-state index is -0.902. The Bertz CT molecular complexity index is 359. The Kier molecular flexibility index (Phi) is 3.77. The van der Waals surface area contributed by atoms with E-state index in [0.717, 1.165) is 17.6 Å². The SMILES string of the molecule is O=C(O)c1cnc(NCCC2CCCC2)s1. The number of carboxylic acids is 1. The third-order valence-corrected chi connectivity index (χ3v) is 3.96. The van der Waals surface area contributed by atoms with Crippen molar-refractivity contribution in [2.75, 3.05) is 11.9 Å². The van der Waals surface area contributed by atoms with Crippen molar-refractivity contribution in [3.8, 4) is 0 Å². The van der Waals surface area contributed by atoms with Crippen LogP contribution in [-0.4, -0.2) is 22.6 Å². The molecule has 88 valence electrons. The van der Waals surface area contributed by atoms with Crippen LogP contribution in [0.5, 0.6) is 0 Å². The first-order valence-corrected chi connectivity index (χ1v) is 6.50. The van der Waals surface area contributed by atoms with Gasteiger partial charge in [-0.2, -0.15) is 0 Å². The van der Waals surface area contributed by atoms with E-state index in [1.165, 1.54) is 49.6 Å². The number of carboxylic acid groups (broad SMARTS) is 1. The maximum atomic E-state index is 10.6. The number of hydrogen-bond donors (Lipinski definition) is 2. The summed E-state index contributed by atoms with van der Waals surface area (Å²) in [5.41, 5.74) is 0. The Morgan fingerprint density at radius 2 is 2.31 bits per heavy atom. The highest BCUT2D eigenvalue weighted by Crippen LogP contribution is 2.27. The van der Waals surface area contributed by atoms with Crippen LogP contribution in [0.25, 0.3) is 0 Å². The number of nitrogens with zero attached hydrogens (tertiary/aromatic N) is 1. The fourth-order valence-corrected chi connectivity index (χ4v) is 2.82. The molecule has 0 unspecified atom stereocenters. The van der Waals surface area contributed by atoms with Crippen LogP contribution in [0.1, 0.15) is 41.8 Å². The molecule has 0 saturated heterocycles. The monoisotopic (exact) mass is 240 g/mol. The summed E-state index contributed by atoms with van der Waals surface area (Å²) in [5.74, 6) is -0.0484. The molecule has 4 nitrogen and oxygen atoms in total. The molecule has 2 rings (SSSR count). The molecule has 0 radical (unpaired) electrons. The molecule has 2 N–H and O–H groups in total. The predicted molar refractivity (Wildman–Crippen MR) is 64.1 cm³/mol. The van der Waals surface area contributed by atoms with Gasteiger partial charge in [0.25, 0.3) is 0 Å². The minimum absolute atomic E-state index is 0.295. The number of nitrogens with one attached hydrogen (secondary N) is 1. The molecule has 0 bridgehead atoms. The molecule has 1 aliphatic carbocycles. The zero-order valence-corrected chi connectivity index (χ0v) is 9.92. The van der Waals surface area contributed by atoms with Gasteiger partial charge in [-0.25, -0.2) is 9.78 Å². The normalized spacial score (nSPS) is 16.5. The second kappa shape index (κ2) is 5.30. The lowest BCUT2D eigenvalue weighted by Gasteiger charge is -2.08. The number of aromatic nitrogens is 1. The van der Waals surface area contributed by atoms with Crippen molar-refractivity contribution in [2.45, 2.75) is 32.1 Å². The second-order valence-electron chi connectivity index (χ2n) is 4.20. The summed E-state index contributed by atoms with van der Waals surface area (Å²) in [6, 6.07) is 0. The van der Waals surface area contributed by atoms with Gasteiger partial charge in [-0.15, -0.1) is 0 Å². The zero-order valence-electron chi connectivity index (χ0n) is 9.11. The van der Waals surface area contributed by atoms with Crippen molar-refractivity contribution in [1.82, 2.24) is 4.98 Å². The van der Waals surface area contributed by atoms with E-state index in [0.29, 0.717) is 4.88 Å². The average Bonchev–Trinajstić information content (AvgIpc) is 2.87. The third kappa shape index (κ3) is 2.95. The molecule has 1 aromatic rings. The van der Waals surface area contributed by atoms with Gasteiger partial charge in [0.1, 0.15) is 4.88 Å². The summed E-state index contributed by atoms with van der Waals surface area (Å²) in [5, 5.41) is 12.6. The van der Waals surface area contributed by atoms with E-state index >= 15 is 0 Å². The maximum Gasteiger partial charge on any atom is 0.347 e. The molecule has 1 heterocycles. The Morgan fingerprint density at radius 3 is 2.94 bits per heavy atom. The van der Waals surface area contributed by atoms with Crippen molar-refractivity contribution in [1.29, 1.82) is 0 Å². The summed E-state index contributed by atoms with van der Waals surface area (Å²) in [7, 11) is 0. The van der Waals surface area contributed by atoms with E-state index in [4.69, 9.17) is 5.11 Å². The molecule has 0 atom stereocenters. The fraction of sp³-hybridized carbons (Fsp3) is 0.636. The van der Waals surface area contributed by atoms with Gasteiger partial charge in [-0.05, 0) is 12.3 Å². The lowest BCUT2D eigenvalue weighted by Crippen LogP contribution is -2.06. The number of anilines is 1. The summed E-state index contributed by atoms with van der Waals surface area (Å²) in [6.07, 6.45) is 8.00. The minimum Gasteiger partial charge on any atom is -0.477 e. The van der Waals surface area contributed by atoms with Gasteiger partial charge >= 0.3 is 5.97 Å². The summed E-state index contributed by atoms with van der Waals surface area (Å²) < 4.78 is 0. The lowest BCUT2D eigenvalue weighted by atomic mass is 10.0. The number of aromatic carboxylic acids is 1. The number of hydrogen-bond acceptors (Lipinski definition) is 4. The van der Waals surface area contributed by atoms with Crippen LogP contribution in [0.2, 0.25) is 0 Å². The van der Waals surface area contributed by atoms with Crippen molar-refractivity contribution >= 4 is 22.4 Å². The topological polar surface area (TPSA) is 62.2 Å². The quantitative estimate of drug-likeness (QED) is 0.830. The van der Waals surface area contributed by atoms with E-state index in [9.17, 15) is 4.79 Å². The number of carbonyl (C=O) groups is 1. The summed E-state index contributed by atoms with van der Waals surface area (Å²) in [6.45, 7) is 0.900. The Balaban J connectivity index is 1.74. The smallest absolute Gasteiger partial charge is 0.347 e. The van der Waals surface area contributed by atoms with Gasteiger partial charge in [-0.1, -0.05) is 37.0 Å². The molecular formula is C11H16N2O2S. The Hall–Kier alpha value is -1.10. The molecular weight excluding hydrogens is 224 g/mol. The molecule has 0 aromatic carbocycles. The largest absolute Gasteiger partial charge is 0.477 e. The highest BCUT2D eigenvalue weighted by molar-refractivity contribution is 7.17. The van der Waals surface area contributed by atoms with Crippen molar-refractivity contribution < 1.29 is 9.90 Å². The van der Waals surface area contributed by atoms with Crippen molar-refractivity contribution in [3.05, 3.63) is 11.1 Å². The van der Waals surface area contributed by atoms with Crippen molar-refractivity contribution in [3.63, 3.8) is 0 Å². The highest BCUT2D eigenvalue weighted by atomic mass is 32.1. The van der Waals surface area contributed by atoms with E-state index in [-0.39, 0.29) is 0 Å².